The molecule has 1 heterocycles. The summed E-state index contributed by atoms with van der Waals surface area (Å²) in [5.74, 6) is 1.51. The van der Waals surface area contributed by atoms with Gasteiger partial charge in [0.15, 0.2) is 0 Å². The van der Waals surface area contributed by atoms with Crippen LogP contribution in [0.2, 0.25) is 0 Å². The van der Waals surface area contributed by atoms with Crippen LogP contribution in [0.4, 0.5) is 5.95 Å². The molecule has 1 rings (SSSR count). The van der Waals surface area contributed by atoms with Gasteiger partial charge in [0.25, 0.3) is 0 Å². The molecule has 4 nitrogen and oxygen atoms in total. The maximum absolute atomic E-state index is 5.16. The van der Waals surface area contributed by atoms with E-state index in [0.29, 0.717) is 24.6 Å². The lowest BCUT2D eigenvalue weighted by Gasteiger charge is -2.21. The van der Waals surface area contributed by atoms with E-state index in [1.54, 1.807) is 7.11 Å². The van der Waals surface area contributed by atoms with Crippen molar-refractivity contribution in [2.45, 2.75) is 39.8 Å². The van der Waals surface area contributed by atoms with Gasteiger partial charge in [-0.05, 0) is 19.8 Å². The van der Waals surface area contributed by atoms with Crippen LogP contribution < -0.4 is 5.32 Å². The second-order valence-electron chi connectivity index (χ2n) is 4.64. The number of ether oxygens (including phenoxy) is 1. The second kappa shape index (κ2) is 5.89. The standard InChI is InChI=1S/C12H23N3O/c1-9(2)11(4)14-12-13-6-7-15(12)10(3)8-16-5/h6-7,9-11H,8H2,1-5H3,(H,13,14). The molecule has 0 bridgehead atoms. The van der Waals surface area contributed by atoms with Crippen molar-refractivity contribution in [2.24, 2.45) is 5.92 Å². The van der Waals surface area contributed by atoms with Gasteiger partial charge < -0.3 is 14.6 Å². The van der Waals surface area contributed by atoms with Gasteiger partial charge in [-0.2, -0.15) is 0 Å². The van der Waals surface area contributed by atoms with Crippen LogP contribution in [0.1, 0.15) is 33.7 Å². The van der Waals surface area contributed by atoms with Crippen LogP contribution >= 0.6 is 0 Å². The fraction of sp³-hybridized carbons (Fsp3) is 0.750. The van der Waals surface area contributed by atoms with Crippen LogP contribution in [0, 0.1) is 5.92 Å². The number of anilines is 1. The first-order valence-corrected chi connectivity index (χ1v) is 5.84. The maximum Gasteiger partial charge on any atom is 0.203 e. The summed E-state index contributed by atoms with van der Waals surface area (Å²) in [7, 11) is 1.72. The van der Waals surface area contributed by atoms with E-state index in [4.69, 9.17) is 4.74 Å². The fourth-order valence-corrected chi connectivity index (χ4v) is 1.47. The normalized spacial score (nSPS) is 15.1. The number of hydrogen-bond acceptors (Lipinski definition) is 3. The third-order valence-electron chi connectivity index (χ3n) is 2.91. The molecule has 16 heavy (non-hydrogen) atoms. The Hall–Kier alpha value is -1.03. The Bertz CT molecular complexity index is 309. The summed E-state index contributed by atoms with van der Waals surface area (Å²) in [6, 6.07) is 0.713. The van der Waals surface area contributed by atoms with Crippen LogP contribution in [0.25, 0.3) is 0 Å². The zero-order valence-corrected chi connectivity index (χ0v) is 10.9. The highest BCUT2D eigenvalue weighted by Crippen LogP contribution is 2.16. The predicted molar refractivity (Wildman–Crippen MR) is 66.7 cm³/mol. The monoisotopic (exact) mass is 225 g/mol. The molecule has 0 aliphatic heterocycles. The zero-order chi connectivity index (χ0) is 12.1. The van der Waals surface area contributed by atoms with Crippen LogP contribution in [0.5, 0.6) is 0 Å². The molecule has 0 radical (unpaired) electrons. The molecule has 0 spiro atoms. The summed E-state index contributed by atoms with van der Waals surface area (Å²) in [5, 5.41) is 3.43. The van der Waals surface area contributed by atoms with Gasteiger partial charge in [-0.25, -0.2) is 4.98 Å². The van der Waals surface area contributed by atoms with E-state index in [9.17, 15) is 0 Å². The molecule has 4 heteroatoms. The molecule has 0 fully saturated rings. The minimum absolute atomic E-state index is 0.300. The molecule has 92 valence electrons. The SMILES string of the molecule is COCC(C)n1ccnc1NC(C)C(C)C. The number of hydrogen-bond donors (Lipinski definition) is 1. The fourth-order valence-electron chi connectivity index (χ4n) is 1.47. The molecule has 0 aromatic carbocycles. The highest BCUT2D eigenvalue weighted by molar-refractivity contribution is 5.28. The first-order valence-electron chi connectivity index (χ1n) is 5.84. The Labute approximate surface area is 98.0 Å². The average Bonchev–Trinajstić information content (AvgIpc) is 2.66. The van der Waals surface area contributed by atoms with Gasteiger partial charge in [0.1, 0.15) is 0 Å². The lowest BCUT2D eigenvalue weighted by atomic mass is 10.1. The minimum atomic E-state index is 0.300. The van der Waals surface area contributed by atoms with E-state index in [1.807, 2.05) is 12.4 Å². The topological polar surface area (TPSA) is 39.1 Å². The van der Waals surface area contributed by atoms with Crippen LogP contribution in [0.15, 0.2) is 12.4 Å². The van der Waals surface area contributed by atoms with Crippen molar-refractivity contribution in [3.05, 3.63) is 12.4 Å². The zero-order valence-electron chi connectivity index (χ0n) is 10.9. The smallest absolute Gasteiger partial charge is 0.203 e. The number of nitrogens with zero attached hydrogens (tertiary/aromatic N) is 2. The van der Waals surface area contributed by atoms with Gasteiger partial charge >= 0.3 is 0 Å². The summed E-state index contributed by atoms with van der Waals surface area (Å²) in [5.41, 5.74) is 0. The average molecular weight is 225 g/mol. The predicted octanol–water partition coefficient (Wildman–Crippen LogP) is 2.55. The first-order chi connectivity index (χ1) is 7.56. The minimum Gasteiger partial charge on any atom is -0.383 e. The third-order valence-corrected chi connectivity index (χ3v) is 2.91. The van der Waals surface area contributed by atoms with E-state index < -0.39 is 0 Å². The quantitative estimate of drug-likeness (QED) is 0.808. The summed E-state index contributed by atoms with van der Waals surface area (Å²) in [6.07, 6.45) is 3.81. The Morgan fingerprint density at radius 3 is 2.62 bits per heavy atom. The van der Waals surface area contributed by atoms with Crippen LogP contribution in [0.3, 0.4) is 0 Å². The molecule has 0 amide bonds. The Morgan fingerprint density at radius 2 is 2.06 bits per heavy atom. The first kappa shape index (κ1) is 13.0. The van der Waals surface area contributed by atoms with Gasteiger partial charge in [-0.1, -0.05) is 13.8 Å². The Balaban J connectivity index is 2.70. The van der Waals surface area contributed by atoms with Crippen molar-refractivity contribution in [1.82, 2.24) is 9.55 Å². The van der Waals surface area contributed by atoms with Crippen molar-refractivity contribution in [2.75, 3.05) is 19.0 Å². The highest BCUT2D eigenvalue weighted by atomic mass is 16.5. The molecular formula is C12H23N3O. The largest absolute Gasteiger partial charge is 0.383 e. The van der Waals surface area contributed by atoms with E-state index in [-0.39, 0.29) is 0 Å². The number of aromatic nitrogens is 2. The second-order valence-corrected chi connectivity index (χ2v) is 4.64. The Kier molecular flexibility index (Phi) is 4.80. The summed E-state index contributed by atoms with van der Waals surface area (Å²) < 4.78 is 7.27. The summed E-state index contributed by atoms with van der Waals surface area (Å²) in [4.78, 5) is 4.34. The number of imidazole rings is 1. The summed E-state index contributed by atoms with van der Waals surface area (Å²) in [6.45, 7) is 9.38. The molecule has 0 aliphatic rings. The van der Waals surface area contributed by atoms with Crippen molar-refractivity contribution >= 4 is 5.95 Å². The molecule has 2 atom stereocenters. The van der Waals surface area contributed by atoms with E-state index in [2.05, 4.69) is 42.6 Å². The number of nitrogens with one attached hydrogen (secondary N) is 1. The van der Waals surface area contributed by atoms with E-state index in [0.717, 1.165) is 5.95 Å². The lowest BCUT2D eigenvalue weighted by Crippen LogP contribution is -2.25. The number of rotatable bonds is 6. The molecule has 1 aromatic heterocycles. The van der Waals surface area contributed by atoms with E-state index in [1.165, 1.54) is 0 Å². The molecular weight excluding hydrogens is 202 g/mol. The van der Waals surface area contributed by atoms with E-state index >= 15 is 0 Å². The van der Waals surface area contributed by atoms with Gasteiger partial charge in [0.2, 0.25) is 5.95 Å². The third kappa shape index (κ3) is 3.23. The van der Waals surface area contributed by atoms with Crippen molar-refractivity contribution < 1.29 is 4.74 Å². The molecule has 0 saturated heterocycles. The van der Waals surface area contributed by atoms with Gasteiger partial charge in [-0.15, -0.1) is 0 Å². The highest BCUT2D eigenvalue weighted by Gasteiger charge is 2.13. The summed E-state index contributed by atoms with van der Waals surface area (Å²) >= 11 is 0. The van der Waals surface area contributed by atoms with Crippen molar-refractivity contribution in [3.8, 4) is 0 Å². The van der Waals surface area contributed by atoms with Crippen molar-refractivity contribution in [1.29, 1.82) is 0 Å². The number of methoxy groups -OCH3 is 1. The molecule has 0 saturated carbocycles. The van der Waals surface area contributed by atoms with Gasteiger partial charge in [0, 0.05) is 25.5 Å². The van der Waals surface area contributed by atoms with Crippen molar-refractivity contribution in [3.63, 3.8) is 0 Å². The maximum atomic E-state index is 5.16. The molecule has 1 aromatic rings. The van der Waals surface area contributed by atoms with Gasteiger partial charge in [0.05, 0.1) is 12.6 Å². The molecule has 1 N–H and O–H groups in total. The Morgan fingerprint density at radius 1 is 1.38 bits per heavy atom. The molecule has 0 aliphatic carbocycles. The lowest BCUT2D eigenvalue weighted by molar-refractivity contribution is 0.163. The van der Waals surface area contributed by atoms with Crippen LogP contribution in [-0.2, 0) is 4.74 Å². The van der Waals surface area contributed by atoms with Crippen LogP contribution in [-0.4, -0.2) is 29.3 Å². The molecule has 2 unspecified atom stereocenters. The van der Waals surface area contributed by atoms with Gasteiger partial charge in [-0.3, -0.25) is 0 Å².